The van der Waals surface area contributed by atoms with E-state index in [1.807, 2.05) is 49.5 Å². The normalized spacial score (nSPS) is 29.9. The van der Waals surface area contributed by atoms with E-state index < -0.39 is 22.7 Å². The summed E-state index contributed by atoms with van der Waals surface area (Å²) in [5.41, 5.74) is -0.0583. The lowest BCUT2D eigenvalue weighted by atomic mass is 9.55. The van der Waals surface area contributed by atoms with E-state index in [4.69, 9.17) is 0 Å². The van der Waals surface area contributed by atoms with Crippen LogP contribution in [0.15, 0.2) is 90.5 Å². The maximum Gasteiger partial charge on any atom is 0.189 e. The van der Waals surface area contributed by atoms with E-state index in [0.717, 1.165) is 16.3 Å². The van der Waals surface area contributed by atoms with Crippen molar-refractivity contribution in [3.8, 4) is 0 Å². The van der Waals surface area contributed by atoms with Gasteiger partial charge in [0, 0.05) is 53.4 Å². The number of hydrogen-bond acceptors (Lipinski definition) is 5. The Bertz CT molecular complexity index is 1850. The summed E-state index contributed by atoms with van der Waals surface area (Å²) in [4.78, 5) is 34.8. The standard InChI is InChI=1S/C35H28F2N2O2S/c1-38-17-23(16-22-8-2-4-14-27(22)36)32(40)34(19-38)31(24-11-3-5-15-28(24)37)29-18-42-20-39(29)35(34)26-13-7-10-21-9-6-12-25(30(21)26)33(35)41/h2-16,29,31H,17-20H2,1H3/b23-16+/t29-,31-,34?,35-/m0/s1. The van der Waals surface area contributed by atoms with Gasteiger partial charge in [-0.1, -0.05) is 72.8 Å². The molecule has 3 saturated heterocycles. The summed E-state index contributed by atoms with van der Waals surface area (Å²) in [5, 5.41) is 1.82. The number of likely N-dealkylation sites (tertiary alicyclic amines) is 1. The molecule has 4 aromatic carbocycles. The fraction of sp³-hybridized carbons (Fsp3) is 0.257. The molecule has 0 bridgehead atoms. The lowest BCUT2D eigenvalue weighted by molar-refractivity contribution is -0.134. The molecule has 3 fully saturated rings. The lowest BCUT2D eigenvalue weighted by Gasteiger charge is -2.51. The number of thioether (sulfide) groups is 1. The van der Waals surface area contributed by atoms with Crippen LogP contribution >= 0.6 is 11.8 Å². The highest BCUT2D eigenvalue weighted by atomic mass is 32.2. The molecule has 0 radical (unpaired) electrons. The van der Waals surface area contributed by atoms with Crippen molar-refractivity contribution < 1.29 is 18.4 Å². The molecule has 3 heterocycles. The zero-order valence-corrected chi connectivity index (χ0v) is 23.8. The van der Waals surface area contributed by atoms with Gasteiger partial charge in [-0.3, -0.25) is 14.5 Å². The molecule has 0 N–H and O–H groups in total. The van der Waals surface area contributed by atoms with Crippen molar-refractivity contribution in [2.75, 3.05) is 31.8 Å². The molecule has 4 aromatic rings. The number of nitrogens with zero attached hydrogens (tertiary/aromatic N) is 2. The smallest absolute Gasteiger partial charge is 0.189 e. The molecule has 3 aliphatic heterocycles. The molecule has 4 nitrogen and oxygen atoms in total. The fourth-order valence-corrected chi connectivity index (χ4v) is 9.88. The highest BCUT2D eigenvalue weighted by Crippen LogP contribution is 2.69. The molecule has 42 heavy (non-hydrogen) atoms. The van der Waals surface area contributed by atoms with Gasteiger partial charge >= 0.3 is 0 Å². The first-order valence-corrected chi connectivity index (χ1v) is 15.4. The molecule has 4 atom stereocenters. The quantitative estimate of drug-likeness (QED) is 0.263. The number of piperidine rings is 1. The number of fused-ring (bicyclic) bond motifs is 4. The molecule has 4 aliphatic rings. The minimum Gasteiger partial charge on any atom is -0.301 e. The lowest BCUT2D eigenvalue weighted by Crippen LogP contribution is -2.65. The van der Waals surface area contributed by atoms with Gasteiger partial charge in [0.25, 0.3) is 0 Å². The van der Waals surface area contributed by atoms with Gasteiger partial charge in [-0.25, -0.2) is 8.78 Å². The summed E-state index contributed by atoms with van der Waals surface area (Å²) in [7, 11) is 1.93. The second kappa shape index (κ2) is 9.17. The van der Waals surface area contributed by atoms with Gasteiger partial charge in [0.05, 0.1) is 5.41 Å². The summed E-state index contributed by atoms with van der Waals surface area (Å²) < 4.78 is 30.8. The van der Waals surface area contributed by atoms with Crippen molar-refractivity contribution in [1.29, 1.82) is 0 Å². The van der Waals surface area contributed by atoms with Gasteiger partial charge in [-0.05, 0) is 47.2 Å². The van der Waals surface area contributed by atoms with Gasteiger partial charge < -0.3 is 4.90 Å². The zero-order valence-electron chi connectivity index (χ0n) is 23.0. The van der Waals surface area contributed by atoms with Gasteiger partial charge in [0.2, 0.25) is 0 Å². The molecular weight excluding hydrogens is 550 g/mol. The number of ketones is 2. The van der Waals surface area contributed by atoms with Crippen LogP contribution in [0.25, 0.3) is 16.8 Å². The third-order valence-electron chi connectivity index (χ3n) is 9.91. The number of halogens is 2. The summed E-state index contributed by atoms with van der Waals surface area (Å²) in [6.45, 7) is 0.576. The van der Waals surface area contributed by atoms with Crippen molar-refractivity contribution in [2.45, 2.75) is 17.5 Å². The van der Waals surface area contributed by atoms with Crippen LogP contribution in [0.3, 0.4) is 0 Å². The number of hydrogen-bond donors (Lipinski definition) is 0. The number of rotatable bonds is 2. The summed E-state index contributed by atoms with van der Waals surface area (Å²) in [6, 6.07) is 24.5. The fourth-order valence-electron chi connectivity index (χ4n) is 8.58. The summed E-state index contributed by atoms with van der Waals surface area (Å²) >= 11 is 1.72. The molecule has 1 aliphatic carbocycles. The van der Waals surface area contributed by atoms with Crippen LogP contribution in [0, 0.1) is 17.0 Å². The van der Waals surface area contributed by atoms with Crippen LogP contribution in [0.1, 0.15) is 33.0 Å². The summed E-state index contributed by atoms with van der Waals surface area (Å²) in [5.74, 6) is -0.469. The van der Waals surface area contributed by atoms with Crippen molar-refractivity contribution in [2.24, 2.45) is 5.41 Å². The Hall–Kier alpha value is -3.65. The average Bonchev–Trinajstić information content (AvgIpc) is 3.62. The zero-order chi connectivity index (χ0) is 28.8. The van der Waals surface area contributed by atoms with Crippen molar-refractivity contribution >= 4 is 40.2 Å². The Balaban J connectivity index is 1.48. The molecular formula is C35H28F2N2O2S. The van der Waals surface area contributed by atoms with Gasteiger partial charge in [-0.15, -0.1) is 11.8 Å². The van der Waals surface area contributed by atoms with Gasteiger partial charge in [0.15, 0.2) is 11.6 Å². The molecule has 8 rings (SSSR count). The summed E-state index contributed by atoms with van der Waals surface area (Å²) in [6.07, 6.45) is 1.63. The number of carbonyl (C=O) groups is 2. The van der Waals surface area contributed by atoms with E-state index in [1.54, 1.807) is 48.2 Å². The highest BCUT2D eigenvalue weighted by molar-refractivity contribution is 7.99. The van der Waals surface area contributed by atoms with Crippen LogP contribution < -0.4 is 0 Å². The van der Waals surface area contributed by atoms with Crippen LogP contribution in [0.5, 0.6) is 0 Å². The number of likely N-dealkylation sites (N-methyl/N-ethyl adjacent to an activating group) is 1. The van der Waals surface area contributed by atoms with E-state index in [-0.39, 0.29) is 30.0 Å². The molecule has 0 aromatic heterocycles. The van der Waals surface area contributed by atoms with Crippen LogP contribution in [-0.2, 0) is 10.3 Å². The predicted molar refractivity (Wildman–Crippen MR) is 161 cm³/mol. The van der Waals surface area contributed by atoms with E-state index >= 15 is 14.0 Å². The van der Waals surface area contributed by atoms with Gasteiger partial charge in [0.1, 0.15) is 17.2 Å². The maximum absolute atomic E-state index is 15.9. The third-order valence-corrected chi connectivity index (χ3v) is 10.9. The van der Waals surface area contributed by atoms with E-state index in [1.165, 1.54) is 12.1 Å². The Morgan fingerprint density at radius 2 is 1.62 bits per heavy atom. The van der Waals surface area contributed by atoms with Crippen LogP contribution in [0.2, 0.25) is 0 Å². The topological polar surface area (TPSA) is 40.6 Å². The number of carbonyl (C=O) groups excluding carboxylic acids is 2. The highest BCUT2D eigenvalue weighted by Gasteiger charge is 2.78. The van der Waals surface area contributed by atoms with Crippen LogP contribution in [-0.4, -0.2) is 59.2 Å². The number of Topliss-reactive ketones (excluding diaryl/α,β-unsaturated/α-hetero) is 2. The van der Waals surface area contributed by atoms with Crippen molar-refractivity contribution in [1.82, 2.24) is 9.80 Å². The van der Waals surface area contributed by atoms with Crippen molar-refractivity contribution in [3.63, 3.8) is 0 Å². The molecule has 210 valence electrons. The minimum absolute atomic E-state index is 0.102. The Morgan fingerprint density at radius 3 is 2.40 bits per heavy atom. The largest absolute Gasteiger partial charge is 0.301 e. The monoisotopic (exact) mass is 578 g/mol. The maximum atomic E-state index is 15.9. The number of benzene rings is 4. The molecule has 1 unspecified atom stereocenters. The first kappa shape index (κ1) is 26.0. The third kappa shape index (κ3) is 3.14. The first-order valence-electron chi connectivity index (χ1n) is 14.2. The Kier molecular flexibility index (Phi) is 5.68. The van der Waals surface area contributed by atoms with E-state index in [0.29, 0.717) is 40.4 Å². The Morgan fingerprint density at radius 1 is 0.881 bits per heavy atom. The minimum atomic E-state index is -1.35. The molecule has 0 saturated carbocycles. The van der Waals surface area contributed by atoms with Gasteiger partial charge in [-0.2, -0.15) is 0 Å². The SMILES string of the molecule is CN1C/C(=C\c2ccccc2F)C(=O)C2(C1)[C@@H](c1ccccc1F)[C@@H]1CSCN1[C@@]21C(=O)c2cccc3cccc1c23. The molecule has 2 spiro atoms. The van der Waals surface area contributed by atoms with Crippen molar-refractivity contribution in [3.05, 3.63) is 124 Å². The van der Waals surface area contributed by atoms with E-state index in [9.17, 15) is 4.39 Å². The van der Waals surface area contributed by atoms with E-state index in [2.05, 4.69) is 9.80 Å². The predicted octanol–water partition coefficient (Wildman–Crippen LogP) is 6.27. The second-order valence-electron chi connectivity index (χ2n) is 11.9. The first-order chi connectivity index (χ1) is 20.4. The average molecular weight is 579 g/mol. The molecule has 7 heteroatoms. The molecule has 0 amide bonds. The second-order valence-corrected chi connectivity index (χ2v) is 12.9. The van der Waals surface area contributed by atoms with Crippen LogP contribution in [0.4, 0.5) is 8.78 Å². The Labute approximate surface area is 247 Å².